The van der Waals surface area contributed by atoms with Crippen LogP contribution >= 0.6 is 0 Å². The number of carbonyl (C=O) groups is 2. The van der Waals surface area contributed by atoms with E-state index in [-0.39, 0.29) is 5.91 Å². The third-order valence-electron chi connectivity index (χ3n) is 4.59. The molecule has 0 aliphatic rings. The summed E-state index contributed by atoms with van der Waals surface area (Å²) in [5.41, 5.74) is 6.10. The number of alkyl carbamates (subject to hydrolysis) is 1. The quantitative estimate of drug-likeness (QED) is 0.357. The first-order chi connectivity index (χ1) is 14.7. The second kappa shape index (κ2) is 14.7. The number of benzene rings is 1. The molecule has 0 radical (unpaired) electrons. The Kier molecular flexibility index (Phi) is 12.7. The standard InChI is InChI=1S/C24H41N3O4/c1-5-6-7-8-9-10-18-30-20-15-13-19(14-16-20)27-22(28)21(25)12-11-17-26-23(29)31-24(2,3)4/h13-16,21H,5-12,17-18,25H2,1-4H3,(H,26,29)(H,27,28). The normalized spacial score (nSPS) is 12.2. The molecule has 176 valence electrons. The summed E-state index contributed by atoms with van der Waals surface area (Å²) < 4.78 is 10.9. The Hall–Kier alpha value is -2.28. The Balaban J connectivity index is 2.22. The fraction of sp³-hybridized carbons (Fsp3) is 0.667. The van der Waals surface area contributed by atoms with Crippen molar-refractivity contribution in [1.82, 2.24) is 5.32 Å². The summed E-state index contributed by atoms with van der Waals surface area (Å²) in [6.45, 7) is 8.75. The van der Waals surface area contributed by atoms with Crippen molar-refractivity contribution in [2.45, 2.75) is 90.7 Å². The van der Waals surface area contributed by atoms with Crippen molar-refractivity contribution in [1.29, 1.82) is 0 Å². The third kappa shape index (κ3) is 13.6. The number of amides is 2. The van der Waals surface area contributed by atoms with Crippen LogP contribution < -0.4 is 21.1 Å². The third-order valence-corrected chi connectivity index (χ3v) is 4.59. The lowest BCUT2D eigenvalue weighted by atomic mass is 10.1. The van der Waals surface area contributed by atoms with Gasteiger partial charge in [-0.3, -0.25) is 4.79 Å². The minimum Gasteiger partial charge on any atom is -0.494 e. The average Bonchev–Trinajstić information content (AvgIpc) is 2.70. The molecular formula is C24H41N3O4. The summed E-state index contributed by atoms with van der Waals surface area (Å²) in [5.74, 6) is 0.544. The molecule has 31 heavy (non-hydrogen) atoms. The highest BCUT2D eigenvalue weighted by Crippen LogP contribution is 2.17. The highest BCUT2D eigenvalue weighted by atomic mass is 16.6. The van der Waals surface area contributed by atoms with Gasteiger partial charge in [0.2, 0.25) is 5.91 Å². The van der Waals surface area contributed by atoms with E-state index in [1.807, 2.05) is 24.3 Å². The molecule has 0 saturated carbocycles. The van der Waals surface area contributed by atoms with E-state index in [0.717, 1.165) is 12.2 Å². The molecule has 1 aromatic carbocycles. The minimum atomic E-state index is -0.649. The van der Waals surface area contributed by atoms with E-state index in [1.54, 1.807) is 20.8 Å². The molecule has 0 saturated heterocycles. The van der Waals surface area contributed by atoms with Gasteiger partial charge in [-0.05, 0) is 64.3 Å². The van der Waals surface area contributed by atoms with E-state index in [2.05, 4.69) is 17.6 Å². The molecule has 0 bridgehead atoms. The first-order valence-corrected chi connectivity index (χ1v) is 11.5. The molecule has 7 nitrogen and oxygen atoms in total. The van der Waals surface area contributed by atoms with Crippen LogP contribution in [0.4, 0.5) is 10.5 Å². The van der Waals surface area contributed by atoms with Crippen LogP contribution in [0.25, 0.3) is 0 Å². The molecule has 0 aromatic heterocycles. The molecule has 0 aliphatic carbocycles. The van der Waals surface area contributed by atoms with Gasteiger partial charge in [0, 0.05) is 12.2 Å². The lowest BCUT2D eigenvalue weighted by Crippen LogP contribution is -2.37. The van der Waals surface area contributed by atoms with Gasteiger partial charge < -0.3 is 25.8 Å². The monoisotopic (exact) mass is 435 g/mol. The maximum atomic E-state index is 12.3. The van der Waals surface area contributed by atoms with Crippen molar-refractivity contribution in [3.05, 3.63) is 24.3 Å². The number of carbonyl (C=O) groups excluding carboxylic acids is 2. The molecular weight excluding hydrogens is 394 g/mol. The highest BCUT2D eigenvalue weighted by molar-refractivity contribution is 5.94. The van der Waals surface area contributed by atoms with Gasteiger partial charge in [-0.2, -0.15) is 0 Å². The van der Waals surface area contributed by atoms with Gasteiger partial charge in [0.15, 0.2) is 0 Å². The molecule has 1 unspecified atom stereocenters. The van der Waals surface area contributed by atoms with Crippen LogP contribution in [0, 0.1) is 0 Å². The SMILES string of the molecule is CCCCCCCCOc1ccc(NC(=O)C(N)CCCNC(=O)OC(C)(C)C)cc1. The van der Waals surface area contributed by atoms with Crippen LogP contribution in [0.3, 0.4) is 0 Å². The Morgan fingerprint density at radius 3 is 2.29 bits per heavy atom. The Bertz CT molecular complexity index is 641. The Labute approximate surface area is 187 Å². The second-order valence-electron chi connectivity index (χ2n) is 8.81. The summed E-state index contributed by atoms with van der Waals surface area (Å²) in [7, 11) is 0. The molecule has 1 atom stereocenters. The predicted octanol–water partition coefficient (Wildman–Crippen LogP) is 5.00. The van der Waals surface area contributed by atoms with Crippen LogP contribution in [-0.2, 0) is 9.53 Å². The second-order valence-corrected chi connectivity index (χ2v) is 8.81. The van der Waals surface area contributed by atoms with Gasteiger partial charge in [-0.15, -0.1) is 0 Å². The van der Waals surface area contributed by atoms with Crippen LogP contribution in [0.1, 0.15) is 79.1 Å². The first-order valence-electron chi connectivity index (χ1n) is 11.5. The van der Waals surface area contributed by atoms with E-state index in [4.69, 9.17) is 15.2 Å². The average molecular weight is 436 g/mol. The van der Waals surface area contributed by atoms with Crippen LogP contribution in [0.2, 0.25) is 0 Å². The molecule has 1 aromatic rings. The predicted molar refractivity (Wildman–Crippen MR) is 125 cm³/mol. The summed E-state index contributed by atoms with van der Waals surface area (Å²) in [4.78, 5) is 23.8. The number of nitrogens with one attached hydrogen (secondary N) is 2. The Morgan fingerprint density at radius 2 is 1.65 bits per heavy atom. The van der Waals surface area contributed by atoms with Crippen molar-refractivity contribution >= 4 is 17.7 Å². The van der Waals surface area contributed by atoms with Gasteiger partial charge >= 0.3 is 6.09 Å². The van der Waals surface area contributed by atoms with Crippen molar-refractivity contribution in [3.8, 4) is 5.75 Å². The zero-order valence-corrected chi connectivity index (χ0v) is 19.7. The lowest BCUT2D eigenvalue weighted by molar-refractivity contribution is -0.117. The fourth-order valence-corrected chi connectivity index (χ4v) is 2.90. The molecule has 0 spiro atoms. The molecule has 4 N–H and O–H groups in total. The van der Waals surface area contributed by atoms with Gasteiger partial charge in [-0.25, -0.2) is 4.79 Å². The summed E-state index contributed by atoms with van der Waals surface area (Å²) in [6.07, 6.45) is 7.95. The smallest absolute Gasteiger partial charge is 0.407 e. The molecule has 7 heteroatoms. The number of unbranched alkanes of at least 4 members (excludes halogenated alkanes) is 5. The van der Waals surface area contributed by atoms with E-state index in [1.165, 1.54) is 32.1 Å². The lowest BCUT2D eigenvalue weighted by Gasteiger charge is -2.19. The summed E-state index contributed by atoms with van der Waals surface area (Å²) in [5, 5.41) is 5.47. The first kappa shape index (κ1) is 26.8. The van der Waals surface area contributed by atoms with Crippen molar-refractivity contribution < 1.29 is 19.1 Å². The van der Waals surface area contributed by atoms with Crippen LogP contribution in [0.15, 0.2) is 24.3 Å². The fourth-order valence-electron chi connectivity index (χ4n) is 2.90. The van der Waals surface area contributed by atoms with Gasteiger partial charge in [0.1, 0.15) is 11.4 Å². The number of nitrogens with two attached hydrogens (primary N) is 1. The van der Waals surface area contributed by atoms with Crippen molar-refractivity contribution in [3.63, 3.8) is 0 Å². The van der Waals surface area contributed by atoms with E-state index in [0.29, 0.717) is 31.7 Å². The van der Waals surface area contributed by atoms with E-state index in [9.17, 15) is 9.59 Å². The highest BCUT2D eigenvalue weighted by Gasteiger charge is 2.16. The zero-order chi connectivity index (χ0) is 23.1. The van der Waals surface area contributed by atoms with E-state index < -0.39 is 17.7 Å². The van der Waals surface area contributed by atoms with Gasteiger partial charge in [0.25, 0.3) is 0 Å². The van der Waals surface area contributed by atoms with Crippen LogP contribution in [0.5, 0.6) is 5.75 Å². The van der Waals surface area contributed by atoms with Gasteiger partial charge in [0.05, 0.1) is 12.6 Å². The number of rotatable bonds is 14. The topological polar surface area (TPSA) is 103 Å². The van der Waals surface area contributed by atoms with Crippen LogP contribution in [-0.4, -0.2) is 36.8 Å². The molecule has 0 aliphatic heterocycles. The maximum absolute atomic E-state index is 12.3. The van der Waals surface area contributed by atoms with Crippen molar-refractivity contribution in [2.75, 3.05) is 18.5 Å². The number of hydrogen-bond donors (Lipinski definition) is 3. The summed E-state index contributed by atoms with van der Waals surface area (Å²) in [6, 6.07) is 6.67. The van der Waals surface area contributed by atoms with Gasteiger partial charge in [-0.1, -0.05) is 39.0 Å². The largest absolute Gasteiger partial charge is 0.494 e. The molecule has 2 amide bonds. The molecule has 0 heterocycles. The molecule has 1 rings (SSSR count). The Morgan fingerprint density at radius 1 is 1.00 bits per heavy atom. The number of hydrogen-bond acceptors (Lipinski definition) is 5. The van der Waals surface area contributed by atoms with Crippen molar-refractivity contribution in [2.24, 2.45) is 5.73 Å². The minimum absolute atomic E-state index is 0.252. The molecule has 0 fully saturated rings. The summed E-state index contributed by atoms with van der Waals surface area (Å²) >= 11 is 0. The zero-order valence-electron chi connectivity index (χ0n) is 19.7. The number of anilines is 1. The van der Waals surface area contributed by atoms with E-state index >= 15 is 0 Å². The maximum Gasteiger partial charge on any atom is 0.407 e. The number of ether oxygens (including phenoxy) is 2.